The molecule has 0 fully saturated rings. The van der Waals surface area contributed by atoms with E-state index in [1.807, 2.05) is 24.3 Å². The van der Waals surface area contributed by atoms with Crippen molar-refractivity contribution in [3.63, 3.8) is 0 Å². The van der Waals surface area contributed by atoms with Gasteiger partial charge < -0.3 is 9.42 Å². The van der Waals surface area contributed by atoms with E-state index >= 15 is 0 Å². The van der Waals surface area contributed by atoms with Crippen LogP contribution >= 0.6 is 0 Å². The van der Waals surface area contributed by atoms with Gasteiger partial charge in [-0.3, -0.25) is 9.78 Å². The Morgan fingerprint density at radius 3 is 2.96 bits per heavy atom. The molecule has 7 heteroatoms. The van der Waals surface area contributed by atoms with Crippen LogP contribution in [0.1, 0.15) is 21.7 Å². The van der Waals surface area contributed by atoms with Crippen molar-refractivity contribution in [2.24, 2.45) is 0 Å². The lowest BCUT2D eigenvalue weighted by Crippen LogP contribution is -2.36. The normalized spacial score (nSPS) is 13.6. The summed E-state index contributed by atoms with van der Waals surface area (Å²) in [5.74, 6) is 0.383. The summed E-state index contributed by atoms with van der Waals surface area (Å²) in [6, 6.07) is 11.3. The van der Waals surface area contributed by atoms with E-state index in [0.29, 0.717) is 31.0 Å². The summed E-state index contributed by atoms with van der Waals surface area (Å²) in [6.07, 6.45) is 5.80. The molecule has 0 bridgehead atoms. The molecule has 1 amide bonds. The van der Waals surface area contributed by atoms with Crippen LogP contribution in [0.3, 0.4) is 0 Å². The smallest absolute Gasteiger partial charge is 0.276 e. The Morgan fingerprint density at radius 2 is 2.07 bits per heavy atom. The second-order valence-electron chi connectivity index (χ2n) is 6.44. The average Bonchev–Trinajstić information content (AvgIpc) is 3.22. The molecule has 27 heavy (non-hydrogen) atoms. The zero-order valence-corrected chi connectivity index (χ0v) is 14.4. The Hall–Kier alpha value is -3.61. The zero-order chi connectivity index (χ0) is 18.2. The van der Waals surface area contributed by atoms with Gasteiger partial charge in [0.05, 0.1) is 0 Å². The predicted molar refractivity (Wildman–Crippen MR) is 97.7 cm³/mol. The van der Waals surface area contributed by atoms with Crippen LogP contribution in [0.5, 0.6) is 0 Å². The molecule has 1 aliphatic rings. The summed E-state index contributed by atoms with van der Waals surface area (Å²) >= 11 is 0. The molecule has 0 saturated heterocycles. The van der Waals surface area contributed by atoms with Crippen LogP contribution < -0.4 is 0 Å². The van der Waals surface area contributed by atoms with Crippen molar-refractivity contribution in [1.29, 1.82) is 0 Å². The Bertz CT molecular complexity index is 1140. The fourth-order valence-electron chi connectivity index (χ4n) is 3.32. The molecule has 5 rings (SSSR count). The molecule has 0 aromatic carbocycles. The maximum absolute atomic E-state index is 12.9. The first-order valence-corrected chi connectivity index (χ1v) is 8.68. The van der Waals surface area contributed by atoms with E-state index in [1.165, 1.54) is 0 Å². The van der Waals surface area contributed by atoms with E-state index in [0.717, 1.165) is 27.9 Å². The minimum atomic E-state index is -0.147. The summed E-state index contributed by atoms with van der Waals surface area (Å²) in [7, 11) is 0. The average molecular weight is 357 g/mol. The van der Waals surface area contributed by atoms with E-state index in [-0.39, 0.29) is 5.91 Å². The molecule has 0 aliphatic carbocycles. The molecule has 4 aromatic rings. The molecular formula is C20H15N5O2. The Morgan fingerprint density at radius 1 is 1.15 bits per heavy atom. The van der Waals surface area contributed by atoms with Crippen LogP contribution in [0.2, 0.25) is 0 Å². The molecule has 0 N–H and O–H groups in total. The van der Waals surface area contributed by atoms with Crippen molar-refractivity contribution in [2.75, 3.05) is 6.54 Å². The van der Waals surface area contributed by atoms with Crippen LogP contribution in [-0.4, -0.2) is 37.5 Å². The number of amides is 1. The third-order valence-electron chi connectivity index (χ3n) is 4.70. The topological polar surface area (TPSA) is 85.0 Å². The Kier molecular flexibility index (Phi) is 3.64. The molecule has 0 unspecified atom stereocenters. The van der Waals surface area contributed by atoms with Crippen LogP contribution in [0.15, 0.2) is 59.5 Å². The number of nitrogens with zero attached hydrogens (tertiary/aromatic N) is 5. The van der Waals surface area contributed by atoms with Gasteiger partial charge >= 0.3 is 0 Å². The van der Waals surface area contributed by atoms with Gasteiger partial charge in [0.2, 0.25) is 0 Å². The zero-order valence-electron chi connectivity index (χ0n) is 14.4. The van der Waals surface area contributed by atoms with Crippen molar-refractivity contribution in [3.8, 4) is 11.3 Å². The van der Waals surface area contributed by atoms with E-state index in [1.54, 1.807) is 29.6 Å². The lowest BCUT2D eigenvalue weighted by Gasteiger charge is -2.27. The molecule has 7 nitrogen and oxygen atoms in total. The van der Waals surface area contributed by atoms with Crippen LogP contribution in [0.25, 0.3) is 22.4 Å². The van der Waals surface area contributed by atoms with Gasteiger partial charge in [0.25, 0.3) is 5.91 Å². The molecule has 1 aliphatic heterocycles. The van der Waals surface area contributed by atoms with Gasteiger partial charge in [0.1, 0.15) is 0 Å². The highest BCUT2D eigenvalue weighted by atomic mass is 16.5. The number of fused-ring (bicyclic) bond motifs is 2. The third-order valence-corrected chi connectivity index (χ3v) is 4.70. The van der Waals surface area contributed by atoms with Crippen molar-refractivity contribution >= 4 is 16.9 Å². The second-order valence-corrected chi connectivity index (χ2v) is 6.44. The van der Waals surface area contributed by atoms with Gasteiger partial charge in [0, 0.05) is 60.8 Å². The number of carbonyl (C=O) groups is 1. The lowest BCUT2D eigenvalue weighted by molar-refractivity contribution is 0.0723. The van der Waals surface area contributed by atoms with Crippen molar-refractivity contribution in [3.05, 3.63) is 71.9 Å². The van der Waals surface area contributed by atoms with Gasteiger partial charge in [-0.2, -0.15) is 0 Å². The molecule has 5 heterocycles. The van der Waals surface area contributed by atoms with Gasteiger partial charge in [-0.25, -0.2) is 9.97 Å². The first kappa shape index (κ1) is 15.6. The maximum atomic E-state index is 12.9. The number of carbonyl (C=O) groups excluding carboxylic acids is 1. The van der Waals surface area contributed by atoms with Crippen LogP contribution in [0.4, 0.5) is 0 Å². The molecule has 4 aromatic heterocycles. The predicted octanol–water partition coefficient (Wildman–Crippen LogP) is 2.88. The van der Waals surface area contributed by atoms with E-state index in [9.17, 15) is 4.79 Å². The van der Waals surface area contributed by atoms with E-state index in [4.69, 9.17) is 4.52 Å². The van der Waals surface area contributed by atoms with E-state index in [2.05, 4.69) is 26.2 Å². The summed E-state index contributed by atoms with van der Waals surface area (Å²) in [5, 5.41) is 4.93. The summed E-state index contributed by atoms with van der Waals surface area (Å²) in [5.41, 5.74) is 3.88. The molecule has 0 spiro atoms. The largest absolute Gasteiger partial charge is 0.355 e. The Balaban J connectivity index is 1.41. The molecule has 0 radical (unpaired) electrons. The molecule has 0 saturated carbocycles. The maximum Gasteiger partial charge on any atom is 0.276 e. The lowest BCUT2D eigenvalue weighted by atomic mass is 10.0. The first-order chi connectivity index (χ1) is 13.3. The SMILES string of the molecule is O=C(c1cc(-c2cccnc2)on1)N1CCc2nc3ncccc3cc2C1. The summed E-state index contributed by atoms with van der Waals surface area (Å²) < 4.78 is 5.33. The molecular weight excluding hydrogens is 342 g/mol. The standard InChI is InChI=1S/C20H15N5O2/c26-20(17-10-18(27-24-17)14-4-1-6-21-11-14)25-8-5-16-15(12-25)9-13-3-2-7-22-19(13)23-16/h1-4,6-7,9-11H,5,8,12H2. The minimum Gasteiger partial charge on any atom is -0.355 e. The molecule has 0 atom stereocenters. The van der Waals surface area contributed by atoms with Gasteiger partial charge in [-0.15, -0.1) is 0 Å². The van der Waals surface area contributed by atoms with Crippen LogP contribution in [-0.2, 0) is 13.0 Å². The fourth-order valence-corrected chi connectivity index (χ4v) is 3.32. The number of aromatic nitrogens is 4. The van der Waals surface area contributed by atoms with Gasteiger partial charge in [0.15, 0.2) is 17.1 Å². The third kappa shape index (κ3) is 2.83. The summed E-state index contributed by atoms with van der Waals surface area (Å²) in [4.78, 5) is 27.6. The highest BCUT2D eigenvalue weighted by Crippen LogP contribution is 2.24. The number of rotatable bonds is 2. The molecule has 132 valence electrons. The number of hydrogen-bond donors (Lipinski definition) is 0. The number of pyridine rings is 3. The van der Waals surface area contributed by atoms with Crippen molar-refractivity contribution in [1.82, 2.24) is 25.0 Å². The van der Waals surface area contributed by atoms with Crippen LogP contribution in [0, 0.1) is 0 Å². The van der Waals surface area contributed by atoms with E-state index < -0.39 is 0 Å². The highest BCUT2D eigenvalue weighted by molar-refractivity contribution is 5.93. The van der Waals surface area contributed by atoms with Crippen molar-refractivity contribution in [2.45, 2.75) is 13.0 Å². The monoisotopic (exact) mass is 357 g/mol. The summed E-state index contributed by atoms with van der Waals surface area (Å²) in [6.45, 7) is 1.09. The minimum absolute atomic E-state index is 0.147. The fraction of sp³-hybridized carbons (Fsp3) is 0.150. The second kappa shape index (κ2) is 6.28. The van der Waals surface area contributed by atoms with Gasteiger partial charge in [-0.1, -0.05) is 5.16 Å². The highest BCUT2D eigenvalue weighted by Gasteiger charge is 2.25. The quantitative estimate of drug-likeness (QED) is 0.548. The number of hydrogen-bond acceptors (Lipinski definition) is 6. The van der Waals surface area contributed by atoms with Gasteiger partial charge in [-0.05, 0) is 35.9 Å². The van der Waals surface area contributed by atoms with Crippen molar-refractivity contribution < 1.29 is 9.32 Å². The first-order valence-electron chi connectivity index (χ1n) is 8.68. The Labute approximate surface area is 154 Å².